The summed E-state index contributed by atoms with van der Waals surface area (Å²) in [6.45, 7) is 2.54. The van der Waals surface area contributed by atoms with Crippen molar-refractivity contribution in [3.63, 3.8) is 0 Å². The fourth-order valence-corrected chi connectivity index (χ4v) is 3.56. The van der Waals surface area contributed by atoms with Gasteiger partial charge in [0.1, 0.15) is 22.7 Å². The van der Waals surface area contributed by atoms with E-state index in [2.05, 4.69) is 33.4 Å². The Bertz CT molecular complexity index is 1010. The van der Waals surface area contributed by atoms with E-state index in [0.29, 0.717) is 17.3 Å². The second-order valence-corrected chi connectivity index (χ2v) is 6.95. The zero-order valence-electron chi connectivity index (χ0n) is 12.8. The number of nitrogens with zero attached hydrogens (tertiary/aromatic N) is 3. The first-order chi connectivity index (χ1) is 11.7. The van der Waals surface area contributed by atoms with Crippen LogP contribution in [0, 0.1) is 6.92 Å². The summed E-state index contributed by atoms with van der Waals surface area (Å²) in [5.74, 6) is 1.50. The standard InChI is InChI=1S/C17H13ClN4OS/c1-10-6-13-16(20-9-21-17(13)24-10)19-8-11-7-15(22-23-11)12-4-2-3-5-14(12)18/h2-7,9H,8H2,1H3,(H,19,20,21). The summed E-state index contributed by atoms with van der Waals surface area (Å²) in [5.41, 5.74) is 1.57. The van der Waals surface area contributed by atoms with Gasteiger partial charge in [0.2, 0.25) is 0 Å². The lowest BCUT2D eigenvalue weighted by atomic mass is 10.1. The Morgan fingerprint density at radius 3 is 2.96 bits per heavy atom. The average Bonchev–Trinajstić information content (AvgIpc) is 3.19. The van der Waals surface area contributed by atoms with Gasteiger partial charge >= 0.3 is 0 Å². The molecule has 0 aliphatic heterocycles. The van der Waals surface area contributed by atoms with Gasteiger partial charge in [-0.1, -0.05) is 35.0 Å². The number of aryl methyl sites for hydroxylation is 1. The predicted octanol–water partition coefficient (Wildman–Crippen LogP) is 4.92. The van der Waals surface area contributed by atoms with E-state index in [0.717, 1.165) is 27.3 Å². The Kier molecular flexibility index (Phi) is 3.92. The van der Waals surface area contributed by atoms with Gasteiger partial charge in [0.25, 0.3) is 0 Å². The molecule has 0 unspecified atom stereocenters. The molecule has 3 aromatic heterocycles. The lowest BCUT2D eigenvalue weighted by Gasteiger charge is -2.03. The quantitative estimate of drug-likeness (QED) is 0.562. The third-order valence-corrected chi connectivity index (χ3v) is 4.88. The third-order valence-electron chi connectivity index (χ3n) is 3.59. The summed E-state index contributed by atoms with van der Waals surface area (Å²) in [7, 11) is 0. The van der Waals surface area contributed by atoms with Crippen LogP contribution >= 0.6 is 22.9 Å². The summed E-state index contributed by atoms with van der Waals surface area (Å²) in [6.07, 6.45) is 1.57. The van der Waals surface area contributed by atoms with Crippen molar-refractivity contribution >= 4 is 39.0 Å². The molecule has 0 fully saturated rings. The van der Waals surface area contributed by atoms with Crippen LogP contribution in [0.2, 0.25) is 5.02 Å². The molecule has 24 heavy (non-hydrogen) atoms. The molecule has 5 nitrogen and oxygen atoms in total. The third kappa shape index (κ3) is 2.86. The van der Waals surface area contributed by atoms with Crippen LogP contribution in [-0.4, -0.2) is 15.1 Å². The van der Waals surface area contributed by atoms with Gasteiger partial charge in [0.15, 0.2) is 5.76 Å². The summed E-state index contributed by atoms with van der Waals surface area (Å²) in [4.78, 5) is 10.8. The second kappa shape index (κ2) is 6.22. The van der Waals surface area contributed by atoms with Crippen LogP contribution < -0.4 is 5.32 Å². The van der Waals surface area contributed by atoms with Gasteiger partial charge in [-0.2, -0.15) is 0 Å². The number of fused-ring (bicyclic) bond motifs is 1. The zero-order chi connectivity index (χ0) is 16.5. The van der Waals surface area contributed by atoms with E-state index < -0.39 is 0 Å². The molecule has 1 N–H and O–H groups in total. The molecule has 0 aliphatic carbocycles. The Hall–Kier alpha value is -2.44. The van der Waals surface area contributed by atoms with E-state index in [1.807, 2.05) is 30.3 Å². The van der Waals surface area contributed by atoms with E-state index in [1.165, 1.54) is 4.88 Å². The lowest BCUT2D eigenvalue weighted by molar-refractivity contribution is 0.390. The number of anilines is 1. The van der Waals surface area contributed by atoms with Crippen molar-refractivity contribution in [2.45, 2.75) is 13.5 Å². The molecule has 0 atom stereocenters. The highest BCUT2D eigenvalue weighted by molar-refractivity contribution is 7.18. The van der Waals surface area contributed by atoms with Crippen molar-refractivity contribution in [1.29, 1.82) is 0 Å². The fraction of sp³-hybridized carbons (Fsp3) is 0.118. The SMILES string of the molecule is Cc1cc2c(NCc3cc(-c4ccccc4Cl)no3)ncnc2s1. The van der Waals surface area contributed by atoms with Crippen molar-refractivity contribution in [3.8, 4) is 11.3 Å². The minimum absolute atomic E-state index is 0.485. The molecule has 0 bridgehead atoms. The Morgan fingerprint density at radius 1 is 1.21 bits per heavy atom. The van der Waals surface area contributed by atoms with Crippen molar-refractivity contribution < 1.29 is 4.52 Å². The van der Waals surface area contributed by atoms with E-state index in [1.54, 1.807) is 17.7 Å². The maximum atomic E-state index is 6.20. The maximum absolute atomic E-state index is 6.20. The van der Waals surface area contributed by atoms with Gasteiger partial charge in [-0.25, -0.2) is 9.97 Å². The van der Waals surface area contributed by atoms with Gasteiger partial charge in [-0.15, -0.1) is 11.3 Å². The van der Waals surface area contributed by atoms with Crippen LogP contribution in [0.4, 0.5) is 5.82 Å². The monoisotopic (exact) mass is 356 g/mol. The van der Waals surface area contributed by atoms with E-state index in [4.69, 9.17) is 16.1 Å². The lowest BCUT2D eigenvalue weighted by Crippen LogP contribution is -2.00. The average molecular weight is 357 g/mol. The Morgan fingerprint density at radius 2 is 2.08 bits per heavy atom. The smallest absolute Gasteiger partial charge is 0.156 e. The number of nitrogens with one attached hydrogen (secondary N) is 1. The summed E-state index contributed by atoms with van der Waals surface area (Å²) >= 11 is 7.84. The topological polar surface area (TPSA) is 63.8 Å². The number of benzene rings is 1. The number of aromatic nitrogens is 3. The molecule has 0 saturated carbocycles. The molecule has 4 aromatic rings. The first-order valence-corrected chi connectivity index (χ1v) is 8.55. The largest absolute Gasteiger partial charge is 0.362 e. The zero-order valence-corrected chi connectivity index (χ0v) is 14.4. The Balaban J connectivity index is 1.55. The van der Waals surface area contributed by atoms with Gasteiger partial charge in [-0.05, 0) is 19.1 Å². The molecule has 120 valence electrons. The molecule has 4 rings (SSSR count). The Labute approximate surface area is 147 Å². The van der Waals surface area contributed by atoms with Crippen LogP contribution in [-0.2, 0) is 6.54 Å². The normalized spacial score (nSPS) is 11.1. The molecular formula is C17H13ClN4OS. The van der Waals surface area contributed by atoms with Gasteiger partial charge in [-0.3, -0.25) is 0 Å². The molecule has 1 aromatic carbocycles. The highest BCUT2D eigenvalue weighted by Crippen LogP contribution is 2.29. The molecular weight excluding hydrogens is 344 g/mol. The summed E-state index contributed by atoms with van der Waals surface area (Å²) in [6, 6.07) is 11.5. The number of hydrogen-bond acceptors (Lipinski definition) is 6. The highest BCUT2D eigenvalue weighted by atomic mass is 35.5. The van der Waals surface area contributed by atoms with Crippen LogP contribution in [0.25, 0.3) is 21.5 Å². The molecule has 0 aliphatic rings. The van der Waals surface area contributed by atoms with Crippen LogP contribution in [0.1, 0.15) is 10.6 Å². The van der Waals surface area contributed by atoms with Crippen LogP contribution in [0.3, 0.4) is 0 Å². The first kappa shape index (κ1) is 15.1. The molecule has 0 radical (unpaired) electrons. The van der Waals surface area contributed by atoms with Gasteiger partial charge in [0.05, 0.1) is 17.0 Å². The fourth-order valence-electron chi connectivity index (χ4n) is 2.48. The molecule has 7 heteroatoms. The predicted molar refractivity (Wildman–Crippen MR) is 96.4 cm³/mol. The summed E-state index contributed by atoms with van der Waals surface area (Å²) in [5, 5.41) is 9.05. The number of halogens is 1. The number of thiophene rings is 1. The van der Waals surface area contributed by atoms with Gasteiger partial charge < -0.3 is 9.84 Å². The minimum Gasteiger partial charge on any atom is -0.362 e. The van der Waals surface area contributed by atoms with Crippen molar-refractivity contribution in [3.05, 3.63) is 58.4 Å². The maximum Gasteiger partial charge on any atom is 0.156 e. The minimum atomic E-state index is 0.485. The number of rotatable bonds is 4. The number of hydrogen-bond donors (Lipinski definition) is 1. The second-order valence-electron chi connectivity index (χ2n) is 5.31. The van der Waals surface area contributed by atoms with Gasteiger partial charge in [0, 0.05) is 16.5 Å². The molecule has 0 amide bonds. The van der Waals surface area contributed by atoms with E-state index >= 15 is 0 Å². The van der Waals surface area contributed by atoms with Crippen LogP contribution in [0.15, 0.2) is 47.2 Å². The van der Waals surface area contributed by atoms with E-state index in [9.17, 15) is 0 Å². The van der Waals surface area contributed by atoms with Crippen LogP contribution in [0.5, 0.6) is 0 Å². The van der Waals surface area contributed by atoms with E-state index in [-0.39, 0.29) is 0 Å². The highest BCUT2D eigenvalue weighted by Gasteiger charge is 2.11. The molecule has 0 spiro atoms. The summed E-state index contributed by atoms with van der Waals surface area (Å²) < 4.78 is 5.40. The van der Waals surface area contributed by atoms with Crippen molar-refractivity contribution in [1.82, 2.24) is 15.1 Å². The van der Waals surface area contributed by atoms with Crippen molar-refractivity contribution in [2.75, 3.05) is 5.32 Å². The first-order valence-electron chi connectivity index (χ1n) is 7.36. The van der Waals surface area contributed by atoms with Crippen molar-refractivity contribution in [2.24, 2.45) is 0 Å². The molecule has 0 saturated heterocycles. The molecule has 3 heterocycles.